The van der Waals surface area contributed by atoms with E-state index in [0.29, 0.717) is 0 Å². The number of aromatic nitrogens is 1. The Hall–Kier alpha value is -1.70. The SMILES string of the molecule is CC.CC.CC.CC[B]n1c2ccccc2c2ccccc21. The van der Waals surface area contributed by atoms with E-state index >= 15 is 0 Å². The average molecular weight is 296 g/mol. The highest BCUT2D eigenvalue weighted by molar-refractivity contribution is 6.39. The van der Waals surface area contributed by atoms with Crippen molar-refractivity contribution in [2.24, 2.45) is 0 Å². The van der Waals surface area contributed by atoms with Gasteiger partial charge in [0.05, 0.1) is 0 Å². The summed E-state index contributed by atoms with van der Waals surface area (Å²) in [5, 5.41) is 2.67. The molecule has 1 radical (unpaired) electrons. The van der Waals surface area contributed by atoms with Gasteiger partial charge in [0.25, 0.3) is 7.41 Å². The first kappa shape index (κ1) is 20.3. The van der Waals surface area contributed by atoms with Gasteiger partial charge in [0.15, 0.2) is 0 Å². The number of para-hydroxylation sites is 2. The number of hydrogen-bond donors (Lipinski definition) is 0. The van der Waals surface area contributed by atoms with E-state index in [-0.39, 0.29) is 0 Å². The Bertz CT molecular complexity index is 587. The molecule has 0 fully saturated rings. The van der Waals surface area contributed by atoms with Crippen LogP contribution in [0.3, 0.4) is 0 Å². The summed E-state index contributed by atoms with van der Waals surface area (Å²) in [5.74, 6) is 0. The maximum Gasteiger partial charge on any atom is 0.252 e. The monoisotopic (exact) mass is 296 g/mol. The summed E-state index contributed by atoms with van der Waals surface area (Å²) in [6.07, 6.45) is 1.04. The predicted molar refractivity (Wildman–Crippen MR) is 105 cm³/mol. The minimum Gasteiger partial charge on any atom is -0.390 e. The zero-order valence-corrected chi connectivity index (χ0v) is 15.4. The molecule has 2 aromatic carbocycles. The summed E-state index contributed by atoms with van der Waals surface area (Å²) in [6, 6.07) is 17.1. The number of rotatable bonds is 2. The van der Waals surface area contributed by atoms with Crippen molar-refractivity contribution in [1.82, 2.24) is 4.48 Å². The van der Waals surface area contributed by atoms with E-state index in [2.05, 4.69) is 67.3 Å². The van der Waals surface area contributed by atoms with Crippen molar-refractivity contribution >= 4 is 29.2 Å². The highest BCUT2D eigenvalue weighted by Gasteiger charge is 2.08. The molecule has 1 aromatic heterocycles. The number of benzene rings is 2. The van der Waals surface area contributed by atoms with E-state index in [1.165, 1.54) is 21.8 Å². The molecule has 0 aliphatic rings. The van der Waals surface area contributed by atoms with Crippen LogP contribution in [0.15, 0.2) is 48.5 Å². The Kier molecular flexibility index (Phi) is 11.0. The Morgan fingerprint density at radius 1 is 0.682 bits per heavy atom. The maximum atomic E-state index is 2.30. The summed E-state index contributed by atoms with van der Waals surface area (Å²) in [6.45, 7) is 14.2. The summed E-state index contributed by atoms with van der Waals surface area (Å²) >= 11 is 0. The third-order valence-corrected chi connectivity index (χ3v) is 2.98. The summed E-state index contributed by atoms with van der Waals surface area (Å²) in [4.78, 5) is 0. The topological polar surface area (TPSA) is 4.93 Å². The van der Waals surface area contributed by atoms with Crippen LogP contribution >= 0.6 is 0 Å². The molecule has 0 saturated heterocycles. The van der Waals surface area contributed by atoms with E-state index in [1.807, 2.05) is 41.5 Å². The lowest BCUT2D eigenvalue weighted by atomic mass is 9.89. The van der Waals surface area contributed by atoms with Crippen molar-refractivity contribution in [3.63, 3.8) is 0 Å². The molecule has 0 atom stereocenters. The predicted octanol–water partition coefficient (Wildman–Crippen LogP) is 6.78. The molecule has 0 aliphatic heterocycles. The van der Waals surface area contributed by atoms with E-state index in [4.69, 9.17) is 0 Å². The van der Waals surface area contributed by atoms with Gasteiger partial charge in [-0.3, -0.25) is 0 Å². The van der Waals surface area contributed by atoms with Crippen molar-refractivity contribution in [3.05, 3.63) is 48.5 Å². The maximum absolute atomic E-state index is 2.30. The zero-order valence-electron chi connectivity index (χ0n) is 15.4. The van der Waals surface area contributed by atoms with Gasteiger partial charge in [0, 0.05) is 21.8 Å². The van der Waals surface area contributed by atoms with Crippen LogP contribution in [0.25, 0.3) is 21.8 Å². The van der Waals surface area contributed by atoms with Crippen LogP contribution < -0.4 is 0 Å². The van der Waals surface area contributed by atoms with Crippen molar-refractivity contribution in [2.75, 3.05) is 0 Å². The molecule has 0 N–H and O–H groups in total. The van der Waals surface area contributed by atoms with Crippen molar-refractivity contribution in [3.8, 4) is 0 Å². The van der Waals surface area contributed by atoms with Crippen LogP contribution in [0.5, 0.6) is 0 Å². The van der Waals surface area contributed by atoms with Crippen LogP contribution in [-0.2, 0) is 0 Å². The van der Waals surface area contributed by atoms with Crippen LogP contribution in [0.1, 0.15) is 48.5 Å². The number of nitrogens with zero attached hydrogens (tertiary/aromatic N) is 1. The lowest BCUT2D eigenvalue weighted by Crippen LogP contribution is -2.03. The van der Waals surface area contributed by atoms with Gasteiger partial charge in [-0.25, -0.2) is 0 Å². The molecule has 0 amide bonds. The quantitative estimate of drug-likeness (QED) is 0.459. The lowest BCUT2D eigenvalue weighted by molar-refractivity contribution is 1.29. The smallest absolute Gasteiger partial charge is 0.252 e. The molecular formula is C20H31BN. The van der Waals surface area contributed by atoms with Crippen molar-refractivity contribution in [1.29, 1.82) is 0 Å². The Labute approximate surface area is 137 Å². The highest BCUT2D eigenvalue weighted by Crippen LogP contribution is 2.27. The molecular weight excluding hydrogens is 265 g/mol. The first-order valence-electron chi connectivity index (χ1n) is 8.73. The van der Waals surface area contributed by atoms with Crippen LogP contribution in [0.2, 0.25) is 6.32 Å². The van der Waals surface area contributed by atoms with Gasteiger partial charge < -0.3 is 4.48 Å². The van der Waals surface area contributed by atoms with E-state index < -0.39 is 0 Å². The highest BCUT2D eigenvalue weighted by atomic mass is 14.9. The molecule has 2 heteroatoms. The van der Waals surface area contributed by atoms with Crippen LogP contribution in [0, 0.1) is 0 Å². The molecule has 0 aliphatic carbocycles. The lowest BCUT2D eigenvalue weighted by Gasteiger charge is -2.02. The molecule has 1 nitrogen and oxygen atoms in total. The van der Waals surface area contributed by atoms with E-state index in [0.717, 1.165) is 6.32 Å². The third-order valence-electron chi connectivity index (χ3n) is 2.98. The average Bonchev–Trinajstić information content (AvgIpc) is 2.95. The molecule has 1 heterocycles. The van der Waals surface area contributed by atoms with Crippen LogP contribution in [-0.4, -0.2) is 11.9 Å². The Balaban J connectivity index is 0.000000661. The van der Waals surface area contributed by atoms with Gasteiger partial charge in [0.1, 0.15) is 0 Å². The molecule has 0 unspecified atom stereocenters. The summed E-state index contributed by atoms with van der Waals surface area (Å²) < 4.78 is 2.30. The van der Waals surface area contributed by atoms with Crippen LogP contribution in [0.4, 0.5) is 0 Å². The number of hydrogen-bond acceptors (Lipinski definition) is 0. The second-order valence-electron chi connectivity index (χ2n) is 4.00. The van der Waals surface area contributed by atoms with Crippen molar-refractivity contribution in [2.45, 2.75) is 54.8 Å². The van der Waals surface area contributed by atoms with Gasteiger partial charge in [-0.1, -0.05) is 91.2 Å². The molecule has 3 aromatic rings. The molecule has 0 bridgehead atoms. The third kappa shape index (κ3) is 4.40. The van der Waals surface area contributed by atoms with Gasteiger partial charge in [0.2, 0.25) is 0 Å². The molecule has 119 valence electrons. The first-order chi connectivity index (χ1) is 10.9. The Morgan fingerprint density at radius 2 is 1.05 bits per heavy atom. The number of fused-ring (bicyclic) bond motifs is 3. The van der Waals surface area contributed by atoms with E-state index in [1.54, 1.807) is 0 Å². The largest absolute Gasteiger partial charge is 0.390 e. The zero-order chi connectivity index (χ0) is 17.0. The fourth-order valence-electron chi connectivity index (χ4n) is 2.33. The fraction of sp³-hybridized carbons (Fsp3) is 0.400. The second kappa shape index (κ2) is 11.9. The molecule has 0 spiro atoms. The minimum atomic E-state index is 1.04. The van der Waals surface area contributed by atoms with E-state index in [9.17, 15) is 0 Å². The molecule has 0 saturated carbocycles. The molecule has 22 heavy (non-hydrogen) atoms. The minimum absolute atomic E-state index is 1.04. The van der Waals surface area contributed by atoms with Crippen molar-refractivity contribution < 1.29 is 0 Å². The van der Waals surface area contributed by atoms with Gasteiger partial charge >= 0.3 is 0 Å². The fourth-order valence-corrected chi connectivity index (χ4v) is 2.33. The Morgan fingerprint density at radius 3 is 1.41 bits per heavy atom. The first-order valence-corrected chi connectivity index (χ1v) is 8.73. The van der Waals surface area contributed by atoms with Gasteiger partial charge in [-0.15, -0.1) is 0 Å². The normalized spacial score (nSPS) is 8.86. The molecule has 3 rings (SSSR count). The summed E-state index contributed by atoms with van der Waals surface area (Å²) in [7, 11) is 2.24. The van der Waals surface area contributed by atoms with Gasteiger partial charge in [-0.05, 0) is 12.1 Å². The summed E-state index contributed by atoms with van der Waals surface area (Å²) in [5.41, 5.74) is 2.59. The standard InChI is InChI=1S/C14H13BN.3C2H6/c1-2-15-16-13-9-5-3-7-11(13)12-8-4-6-10-14(12)16;3*1-2/h3-10H,2H2,1H3;3*1-2H3. The van der Waals surface area contributed by atoms with Gasteiger partial charge in [-0.2, -0.15) is 0 Å². The second-order valence-corrected chi connectivity index (χ2v) is 4.00.